The van der Waals surface area contributed by atoms with E-state index in [1.165, 1.54) is 32.1 Å². The topological polar surface area (TPSA) is 58.5 Å². The van der Waals surface area contributed by atoms with Crippen LogP contribution in [-0.2, 0) is 11.3 Å². The Balaban J connectivity index is 0.00000169. The van der Waals surface area contributed by atoms with Crippen molar-refractivity contribution in [3.05, 3.63) is 30.1 Å². The summed E-state index contributed by atoms with van der Waals surface area (Å²) in [5.74, 6) is 1.54. The van der Waals surface area contributed by atoms with Gasteiger partial charge in [-0.1, -0.05) is 18.9 Å². The van der Waals surface area contributed by atoms with E-state index in [0.717, 1.165) is 18.3 Å². The summed E-state index contributed by atoms with van der Waals surface area (Å²) in [5, 5.41) is 7.12. The van der Waals surface area contributed by atoms with Gasteiger partial charge in [0.1, 0.15) is 0 Å². The van der Waals surface area contributed by atoms with Crippen molar-refractivity contribution in [2.45, 2.75) is 50.8 Å². The molecule has 0 bridgehead atoms. The highest BCUT2D eigenvalue weighted by Gasteiger charge is 2.65. The smallest absolute Gasteiger partial charge is 0.191 e. The summed E-state index contributed by atoms with van der Waals surface area (Å²) in [7, 11) is 1.84. The van der Waals surface area contributed by atoms with Gasteiger partial charge in [0.05, 0.1) is 18.3 Å². The molecule has 1 aromatic heterocycles. The Kier molecular flexibility index (Phi) is 5.64. The molecule has 6 heteroatoms. The van der Waals surface area contributed by atoms with Gasteiger partial charge in [0.15, 0.2) is 5.96 Å². The minimum atomic E-state index is 0. The second-order valence-corrected chi connectivity index (χ2v) is 7.05. The average molecular weight is 442 g/mol. The van der Waals surface area contributed by atoms with Crippen molar-refractivity contribution in [2.75, 3.05) is 13.7 Å². The van der Waals surface area contributed by atoms with Crippen molar-refractivity contribution in [3.8, 4) is 0 Å². The summed E-state index contributed by atoms with van der Waals surface area (Å²) in [4.78, 5) is 8.78. The van der Waals surface area contributed by atoms with Crippen LogP contribution in [0.1, 0.15) is 37.8 Å². The van der Waals surface area contributed by atoms with E-state index in [0.29, 0.717) is 30.0 Å². The van der Waals surface area contributed by atoms with Crippen molar-refractivity contribution in [1.29, 1.82) is 0 Å². The summed E-state index contributed by atoms with van der Waals surface area (Å²) in [6.45, 7) is 1.63. The maximum absolute atomic E-state index is 6.05. The molecule has 2 aliphatic carbocycles. The molecule has 1 aliphatic heterocycles. The monoisotopic (exact) mass is 442 g/mol. The summed E-state index contributed by atoms with van der Waals surface area (Å²) < 4.78 is 6.05. The van der Waals surface area contributed by atoms with E-state index in [1.807, 2.05) is 31.4 Å². The van der Waals surface area contributed by atoms with Gasteiger partial charge in [0, 0.05) is 37.2 Å². The number of nitrogens with one attached hydrogen (secondary N) is 2. The zero-order valence-electron chi connectivity index (χ0n) is 14.2. The van der Waals surface area contributed by atoms with Gasteiger partial charge in [0.25, 0.3) is 0 Å². The molecule has 3 atom stereocenters. The van der Waals surface area contributed by atoms with Crippen LogP contribution in [0, 0.1) is 11.3 Å². The Morgan fingerprint density at radius 3 is 2.92 bits per heavy atom. The molecule has 5 nitrogen and oxygen atoms in total. The van der Waals surface area contributed by atoms with Gasteiger partial charge in [-0.2, -0.15) is 0 Å². The SMILES string of the molecule is CN=C(NCc1ccccn1)NC1C2CCOC2C12CCCC2.I. The molecule has 24 heavy (non-hydrogen) atoms. The number of pyridine rings is 1. The standard InChI is InChI=1S/C18H26N4O.HI/c1-19-17(21-12-13-6-2-5-10-20-13)22-15-14-7-11-23-16(14)18(15)8-3-4-9-18;/h2,5-6,10,14-16H,3-4,7-9,11-12H2,1H3,(H2,19,21,22);1H. The number of fused-ring (bicyclic) bond motifs is 2. The first-order valence-corrected chi connectivity index (χ1v) is 8.82. The molecule has 3 aliphatic rings. The van der Waals surface area contributed by atoms with Crippen LogP contribution in [0.4, 0.5) is 0 Å². The van der Waals surface area contributed by atoms with Crippen molar-refractivity contribution in [1.82, 2.24) is 15.6 Å². The molecule has 2 saturated carbocycles. The van der Waals surface area contributed by atoms with E-state index in [1.54, 1.807) is 0 Å². The lowest BCUT2D eigenvalue weighted by atomic mass is 9.54. The number of ether oxygens (including phenoxy) is 1. The first-order valence-electron chi connectivity index (χ1n) is 8.82. The van der Waals surface area contributed by atoms with Crippen LogP contribution in [0.3, 0.4) is 0 Å². The first kappa shape index (κ1) is 17.9. The molecule has 1 aromatic rings. The van der Waals surface area contributed by atoms with Gasteiger partial charge >= 0.3 is 0 Å². The molecule has 132 valence electrons. The summed E-state index contributed by atoms with van der Waals surface area (Å²) in [6.07, 6.45) is 8.76. The minimum absolute atomic E-state index is 0. The van der Waals surface area contributed by atoms with Crippen LogP contribution in [0.15, 0.2) is 29.4 Å². The number of hydrogen-bond donors (Lipinski definition) is 2. The average Bonchev–Trinajstić information content (AvgIpc) is 3.24. The molecule has 4 rings (SSSR count). The fourth-order valence-corrected chi connectivity index (χ4v) is 4.92. The zero-order chi connectivity index (χ0) is 15.7. The third-order valence-electron chi connectivity index (χ3n) is 5.97. The molecule has 0 aromatic carbocycles. The van der Waals surface area contributed by atoms with E-state index in [-0.39, 0.29) is 24.0 Å². The van der Waals surface area contributed by atoms with Gasteiger partial charge in [-0.25, -0.2) is 0 Å². The fourth-order valence-electron chi connectivity index (χ4n) is 4.92. The van der Waals surface area contributed by atoms with Crippen molar-refractivity contribution in [3.63, 3.8) is 0 Å². The minimum Gasteiger partial charge on any atom is -0.377 e. The number of halogens is 1. The lowest BCUT2D eigenvalue weighted by Gasteiger charge is -2.57. The number of aliphatic imine (C=N–C) groups is 1. The molecule has 1 spiro atoms. The van der Waals surface area contributed by atoms with Crippen molar-refractivity contribution in [2.24, 2.45) is 16.3 Å². The zero-order valence-corrected chi connectivity index (χ0v) is 16.5. The van der Waals surface area contributed by atoms with E-state index in [9.17, 15) is 0 Å². The van der Waals surface area contributed by atoms with E-state index >= 15 is 0 Å². The quantitative estimate of drug-likeness (QED) is 0.430. The molecule has 0 radical (unpaired) electrons. The van der Waals surface area contributed by atoms with Gasteiger partial charge in [-0.3, -0.25) is 9.98 Å². The highest BCUT2D eigenvalue weighted by Crippen LogP contribution is 2.60. The van der Waals surface area contributed by atoms with Gasteiger partial charge < -0.3 is 15.4 Å². The Bertz CT molecular complexity index is 574. The van der Waals surface area contributed by atoms with E-state index < -0.39 is 0 Å². The van der Waals surface area contributed by atoms with Crippen LogP contribution in [0.2, 0.25) is 0 Å². The Labute approximate surface area is 161 Å². The number of guanidine groups is 1. The largest absolute Gasteiger partial charge is 0.377 e. The second kappa shape index (κ2) is 7.56. The molecular weight excluding hydrogens is 415 g/mol. The molecule has 3 fully saturated rings. The molecule has 3 unspecified atom stereocenters. The highest BCUT2D eigenvalue weighted by molar-refractivity contribution is 14.0. The summed E-state index contributed by atoms with van der Waals surface area (Å²) >= 11 is 0. The normalized spacial score (nSPS) is 30.4. The van der Waals surface area contributed by atoms with E-state index in [4.69, 9.17) is 4.74 Å². The Hall–Kier alpha value is -0.890. The van der Waals surface area contributed by atoms with Crippen molar-refractivity contribution >= 4 is 29.9 Å². The third kappa shape index (κ3) is 3.03. The summed E-state index contributed by atoms with van der Waals surface area (Å²) in [6, 6.07) is 6.49. The maximum atomic E-state index is 6.05. The highest BCUT2D eigenvalue weighted by atomic mass is 127. The lowest BCUT2D eigenvalue weighted by Crippen LogP contribution is -2.69. The van der Waals surface area contributed by atoms with Crippen LogP contribution < -0.4 is 10.6 Å². The molecular formula is C18H27IN4O. The number of rotatable bonds is 3. The Morgan fingerprint density at radius 2 is 2.21 bits per heavy atom. The second-order valence-electron chi connectivity index (χ2n) is 7.05. The van der Waals surface area contributed by atoms with Gasteiger partial charge in [-0.05, 0) is 31.4 Å². The van der Waals surface area contributed by atoms with E-state index in [2.05, 4.69) is 20.6 Å². The van der Waals surface area contributed by atoms with Gasteiger partial charge in [0.2, 0.25) is 0 Å². The fraction of sp³-hybridized carbons (Fsp3) is 0.667. The maximum Gasteiger partial charge on any atom is 0.191 e. The number of aromatic nitrogens is 1. The van der Waals surface area contributed by atoms with Crippen LogP contribution >= 0.6 is 24.0 Å². The van der Waals surface area contributed by atoms with Crippen LogP contribution in [0.25, 0.3) is 0 Å². The molecule has 1 saturated heterocycles. The number of hydrogen-bond acceptors (Lipinski definition) is 3. The predicted octanol–water partition coefficient (Wildman–Crippen LogP) is 2.71. The first-order chi connectivity index (χ1) is 11.3. The predicted molar refractivity (Wildman–Crippen MR) is 106 cm³/mol. The molecule has 0 amide bonds. The lowest BCUT2D eigenvalue weighted by molar-refractivity contribution is -0.125. The Morgan fingerprint density at radius 1 is 1.38 bits per heavy atom. The molecule has 2 heterocycles. The van der Waals surface area contributed by atoms with Crippen molar-refractivity contribution < 1.29 is 4.74 Å². The summed E-state index contributed by atoms with van der Waals surface area (Å²) in [5.41, 5.74) is 1.38. The number of nitrogens with zero attached hydrogens (tertiary/aromatic N) is 2. The molecule has 2 N–H and O–H groups in total. The van der Waals surface area contributed by atoms with Crippen LogP contribution in [0.5, 0.6) is 0 Å². The van der Waals surface area contributed by atoms with Crippen LogP contribution in [-0.4, -0.2) is 36.7 Å². The van der Waals surface area contributed by atoms with Gasteiger partial charge in [-0.15, -0.1) is 24.0 Å². The third-order valence-corrected chi connectivity index (χ3v) is 5.97.